The lowest BCUT2D eigenvalue weighted by Gasteiger charge is -2.16. The molecular weight excluding hydrogens is 336 g/mol. The molecule has 0 unspecified atom stereocenters. The topological polar surface area (TPSA) is 97.6 Å². The molecule has 1 N–H and O–H groups in total. The van der Waals surface area contributed by atoms with Crippen LogP contribution in [0.15, 0.2) is 42.5 Å². The number of methoxy groups -OCH3 is 2. The normalized spacial score (nSPS) is 11.0. The number of carbonyl (C=O) groups excluding carboxylic acids is 2. The number of para-hydroxylation sites is 1. The van der Waals surface area contributed by atoms with Crippen molar-refractivity contribution >= 4 is 17.6 Å². The van der Waals surface area contributed by atoms with Gasteiger partial charge in [0.1, 0.15) is 5.56 Å². The first-order chi connectivity index (χ1) is 12.5. The highest BCUT2D eigenvalue weighted by Gasteiger charge is 2.23. The number of nitrogens with zero attached hydrogens (tertiary/aromatic N) is 1. The Bertz CT molecular complexity index is 840. The third-order valence-corrected chi connectivity index (χ3v) is 3.56. The number of ether oxygens (including phenoxy) is 3. The predicted octanol–water partition coefficient (Wildman–Crippen LogP) is 2.76. The minimum Gasteiger partial charge on any atom is -0.493 e. The van der Waals surface area contributed by atoms with Gasteiger partial charge >= 0.3 is 5.97 Å². The van der Waals surface area contributed by atoms with Crippen LogP contribution in [0.1, 0.15) is 22.8 Å². The molecule has 1 atom stereocenters. The van der Waals surface area contributed by atoms with Crippen molar-refractivity contribution in [3.63, 3.8) is 0 Å². The molecule has 0 aliphatic rings. The van der Waals surface area contributed by atoms with Crippen LogP contribution in [0, 0.1) is 11.3 Å². The van der Waals surface area contributed by atoms with Gasteiger partial charge in [-0.15, -0.1) is 0 Å². The van der Waals surface area contributed by atoms with E-state index in [2.05, 4.69) is 5.32 Å². The van der Waals surface area contributed by atoms with Crippen molar-refractivity contribution in [3.05, 3.63) is 53.6 Å². The molecule has 134 valence electrons. The van der Waals surface area contributed by atoms with Crippen LogP contribution < -0.4 is 14.8 Å². The Hall–Kier alpha value is -3.53. The zero-order valence-corrected chi connectivity index (χ0v) is 14.6. The van der Waals surface area contributed by atoms with E-state index in [1.807, 2.05) is 6.07 Å². The van der Waals surface area contributed by atoms with Crippen molar-refractivity contribution in [2.75, 3.05) is 19.5 Å². The van der Waals surface area contributed by atoms with Crippen molar-refractivity contribution in [2.24, 2.45) is 0 Å². The van der Waals surface area contributed by atoms with Gasteiger partial charge in [0.2, 0.25) is 0 Å². The van der Waals surface area contributed by atoms with Crippen LogP contribution in [-0.2, 0) is 9.53 Å². The zero-order chi connectivity index (χ0) is 19.1. The van der Waals surface area contributed by atoms with E-state index in [0.29, 0.717) is 17.0 Å². The number of esters is 1. The van der Waals surface area contributed by atoms with Crippen molar-refractivity contribution in [3.8, 4) is 17.6 Å². The van der Waals surface area contributed by atoms with E-state index in [4.69, 9.17) is 19.5 Å². The zero-order valence-electron chi connectivity index (χ0n) is 14.6. The van der Waals surface area contributed by atoms with E-state index in [1.165, 1.54) is 27.2 Å². The first-order valence-corrected chi connectivity index (χ1v) is 7.73. The van der Waals surface area contributed by atoms with Gasteiger partial charge in [0.15, 0.2) is 17.6 Å². The molecule has 0 saturated carbocycles. The average Bonchev–Trinajstić information content (AvgIpc) is 2.67. The average molecular weight is 354 g/mol. The Morgan fingerprint density at radius 1 is 1.08 bits per heavy atom. The van der Waals surface area contributed by atoms with Crippen molar-refractivity contribution < 1.29 is 23.8 Å². The van der Waals surface area contributed by atoms with Crippen LogP contribution in [0.3, 0.4) is 0 Å². The summed E-state index contributed by atoms with van der Waals surface area (Å²) in [7, 11) is 2.87. The van der Waals surface area contributed by atoms with Gasteiger partial charge in [-0.2, -0.15) is 5.26 Å². The number of hydrogen-bond donors (Lipinski definition) is 1. The molecule has 1 amide bonds. The number of benzene rings is 2. The van der Waals surface area contributed by atoms with Crippen LogP contribution in [0.2, 0.25) is 0 Å². The summed E-state index contributed by atoms with van der Waals surface area (Å²) in [5.74, 6) is -0.579. The van der Waals surface area contributed by atoms with Gasteiger partial charge < -0.3 is 19.5 Å². The predicted molar refractivity (Wildman–Crippen MR) is 94.2 cm³/mol. The summed E-state index contributed by atoms with van der Waals surface area (Å²) in [5.41, 5.74) is 1.13. The Balaban J connectivity index is 2.06. The molecule has 0 aliphatic carbocycles. The fourth-order valence-corrected chi connectivity index (χ4v) is 2.20. The Kier molecular flexibility index (Phi) is 6.17. The minimum absolute atomic E-state index is 0.157. The van der Waals surface area contributed by atoms with E-state index in [1.54, 1.807) is 36.4 Å². The summed E-state index contributed by atoms with van der Waals surface area (Å²) in [6, 6.07) is 13.1. The van der Waals surface area contributed by atoms with Crippen molar-refractivity contribution in [2.45, 2.75) is 13.0 Å². The van der Waals surface area contributed by atoms with E-state index in [-0.39, 0.29) is 11.3 Å². The maximum Gasteiger partial charge on any atom is 0.342 e. The highest BCUT2D eigenvalue weighted by atomic mass is 16.6. The highest BCUT2D eigenvalue weighted by Crippen LogP contribution is 2.31. The number of nitriles is 1. The molecule has 0 fully saturated rings. The SMILES string of the molecule is COc1cccc(C(=O)O[C@H](C)C(=O)Nc2ccc(C#N)cc2)c1OC. The number of rotatable bonds is 6. The van der Waals surface area contributed by atoms with E-state index in [0.717, 1.165) is 0 Å². The summed E-state index contributed by atoms with van der Waals surface area (Å²) >= 11 is 0. The maximum atomic E-state index is 12.4. The lowest BCUT2D eigenvalue weighted by Crippen LogP contribution is -2.30. The Labute approximate surface area is 151 Å². The quantitative estimate of drug-likeness (QED) is 0.801. The molecule has 2 rings (SSSR count). The number of anilines is 1. The van der Waals surface area contributed by atoms with Gasteiger partial charge in [-0.25, -0.2) is 4.79 Å². The van der Waals surface area contributed by atoms with Gasteiger partial charge in [0.05, 0.1) is 25.9 Å². The van der Waals surface area contributed by atoms with Gasteiger partial charge in [0.25, 0.3) is 5.91 Å². The molecule has 7 heteroatoms. The van der Waals surface area contributed by atoms with Crippen LogP contribution in [0.25, 0.3) is 0 Å². The summed E-state index contributed by atoms with van der Waals surface area (Å²) < 4.78 is 15.6. The molecule has 0 heterocycles. The second-order valence-electron chi connectivity index (χ2n) is 5.27. The van der Waals surface area contributed by atoms with Gasteiger partial charge in [0, 0.05) is 5.69 Å². The molecule has 0 aliphatic heterocycles. The lowest BCUT2D eigenvalue weighted by atomic mass is 10.2. The van der Waals surface area contributed by atoms with Gasteiger partial charge in [-0.3, -0.25) is 4.79 Å². The van der Waals surface area contributed by atoms with Crippen molar-refractivity contribution in [1.29, 1.82) is 5.26 Å². The standard InChI is InChI=1S/C19H18N2O5/c1-12(18(22)21-14-9-7-13(11-20)8-10-14)26-19(23)15-5-4-6-16(24-2)17(15)25-3/h4-10,12H,1-3H3,(H,21,22)/t12-/m1/s1. The highest BCUT2D eigenvalue weighted by molar-refractivity contribution is 5.98. The number of amides is 1. The molecular formula is C19H18N2O5. The van der Waals surface area contributed by atoms with Gasteiger partial charge in [-0.05, 0) is 43.3 Å². The third-order valence-electron chi connectivity index (χ3n) is 3.56. The first kappa shape index (κ1) is 18.8. The summed E-state index contributed by atoms with van der Waals surface area (Å²) in [6.45, 7) is 1.46. The fraction of sp³-hybridized carbons (Fsp3) is 0.211. The number of nitrogens with one attached hydrogen (secondary N) is 1. The van der Waals surface area contributed by atoms with Gasteiger partial charge in [-0.1, -0.05) is 6.07 Å². The molecule has 0 aromatic heterocycles. The lowest BCUT2D eigenvalue weighted by molar-refractivity contribution is -0.123. The fourth-order valence-electron chi connectivity index (χ4n) is 2.20. The molecule has 0 bridgehead atoms. The molecule has 2 aromatic carbocycles. The van der Waals surface area contributed by atoms with Crippen LogP contribution in [0.4, 0.5) is 5.69 Å². The number of hydrogen-bond acceptors (Lipinski definition) is 6. The summed E-state index contributed by atoms with van der Waals surface area (Å²) in [5, 5.41) is 11.4. The van der Waals surface area contributed by atoms with Crippen LogP contribution in [-0.4, -0.2) is 32.2 Å². The molecule has 2 aromatic rings. The van der Waals surface area contributed by atoms with E-state index >= 15 is 0 Å². The second kappa shape index (κ2) is 8.53. The summed E-state index contributed by atoms with van der Waals surface area (Å²) in [6.07, 6.45) is -1.03. The smallest absolute Gasteiger partial charge is 0.342 e. The van der Waals surface area contributed by atoms with Crippen LogP contribution in [0.5, 0.6) is 11.5 Å². The van der Waals surface area contributed by atoms with Crippen LogP contribution >= 0.6 is 0 Å². The minimum atomic E-state index is -1.03. The van der Waals surface area contributed by atoms with E-state index in [9.17, 15) is 9.59 Å². The maximum absolute atomic E-state index is 12.4. The Morgan fingerprint density at radius 2 is 1.77 bits per heavy atom. The first-order valence-electron chi connectivity index (χ1n) is 7.73. The number of carbonyl (C=O) groups is 2. The molecule has 0 spiro atoms. The molecule has 7 nitrogen and oxygen atoms in total. The summed E-state index contributed by atoms with van der Waals surface area (Å²) in [4.78, 5) is 24.6. The largest absolute Gasteiger partial charge is 0.493 e. The third kappa shape index (κ3) is 4.30. The van der Waals surface area contributed by atoms with Crippen molar-refractivity contribution in [1.82, 2.24) is 0 Å². The second-order valence-corrected chi connectivity index (χ2v) is 5.27. The monoisotopic (exact) mass is 354 g/mol. The van der Waals surface area contributed by atoms with E-state index < -0.39 is 18.0 Å². The Morgan fingerprint density at radius 3 is 2.35 bits per heavy atom. The molecule has 0 radical (unpaired) electrons. The molecule has 0 saturated heterocycles. The molecule has 26 heavy (non-hydrogen) atoms.